The van der Waals surface area contributed by atoms with Crippen LogP contribution < -0.4 is 5.73 Å². The van der Waals surface area contributed by atoms with Crippen molar-refractivity contribution in [2.75, 3.05) is 5.73 Å². The van der Waals surface area contributed by atoms with E-state index < -0.39 is 6.43 Å². The van der Waals surface area contributed by atoms with Crippen LogP contribution in [0.25, 0.3) is 0 Å². The van der Waals surface area contributed by atoms with Crippen molar-refractivity contribution in [1.82, 2.24) is 4.98 Å². The highest BCUT2D eigenvalue weighted by molar-refractivity contribution is 14.1. The third-order valence-electron chi connectivity index (χ3n) is 1.45. The highest BCUT2D eigenvalue weighted by Crippen LogP contribution is 2.29. The topological polar surface area (TPSA) is 38.9 Å². The van der Waals surface area contributed by atoms with Gasteiger partial charge in [0.05, 0.1) is 17.1 Å². The molecule has 1 aromatic rings. The molecule has 72 valence electrons. The second kappa shape index (κ2) is 4.36. The maximum Gasteiger partial charge on any atom is 0.268 e. The molecule has 0 saturated heterocycles. The van der Waals surface area contributed by atoms with Gasteiger partial charge in [-0.3, -0.25) is 0 Å². The number of hydrogen-bond acceptors (Lipinski definition) is 2. The maximum absolute atomic E-state index is 12.4. The van der Waals surface area contributed by atoms with Gasteiger partial charge in [0.15, 0.2) is 0 Å². The molecule has 0 aliphatic carbocycles. The van der Waals surface area contributed by atoms with Gasteiger partial charge in [-0.25, -0.2) is 13.8 Å². The second-order valence-electron chi connectivity index (χ2n) is 2.34. The van der Waals surface area contributed by atoms with Gasteiger partial charge in [0.25, 0.3) is 6.43 Å². The summed E-state index contributed by atoms with van der Waals surface area (Å²) in [5, 5.41) is 0. The number of halogens is 4. The van der Waals surface area contributed by atoms with Gasteiger partial charge in [-0.1, -0.05) is 0 Å². The minimum absolute atomic E-state index is 0.0463. The Bertz CT molecular complexity index is 296. The fourth-order valence-electron chi connectivity index (χ4n) is 0.879. The van der Waals surface area contributed by atoms with E-state index in [1.807, 2.05) is 0 Å². The molecule has 1 heterocycles. The van der Waals surface area contributed by atoms with Crippen molar-refractivity contribution < 1.29 is 8.78 Å². The molecule has 0 unspecified atom stereocenters. The van der Waals surface area contributed by atoms with Gasteiger partial charge in [0.1, 0.15) is 3.70 Å². The van der Waals surface area contributed by atoms with E-state index in [1.165, 1.54) is 6.07 Å². The average Bonchev–Trinajstić information content (AvgIpc) is 2.02. The van der Waals surface area contributed by atoms with Crippen molar-refractivity contribution in [3.8, 4) is 0 Å². The molecule has 2 N–H and O–H groups in total. The summed E-state index contributed by atoms with van der Waals surface area (Å²) < 4.78 is 24.9. The van der Waals surface area contributed by atoms with Crippen LogP contribution in [0, 0.1) is 3.70 Å². The predicted octanol–water partition coefficient (Wildman–Crippen LogP) is 2.94. The number of nitrogen functional groups attached to an aromatic ring is 1. The van der Waals surface area contributed by atoms with E-state index in [4.69, 9.17) is 17.3 Å². The Kier molecular flexibility index (Phi) is 3.66. The average molecular weight is 318 g/mol. The lowest BCUT2D eigenvalue weighted by Gasteiger charge is -2.07. The van der Waals surface area contributed by atoms with Crippen LogP contribution in [0.1, 0.15) is 17.7 Å². The van der Waals surface area contributed by atoms with Gasteiger partial charge in [0.2, 0.25) is 0 Å². The number of alkyl halides is 3. The summed E-state index contributed by atoms with van der Waals surface area (Å²) in [4.78, 5) is 3.87. The molecular formula is C7H6ClF2IN2. The first-order valence-electron chi connectivity index (χ1n) is 3.35. The van der Waals surface area contributed by atoms with Gasteiger partial charge in [-0.05, 0) is 28.7 Å². The standard InChI is InChI=1S/C7H6ClF2IN2/c8-2-3-1-4(12)5(6(9)10)7(11)13-3/h1,6H,2H2,(H2,12,13). The number of anilines is 1. The molecule has 0 radical (unpaired) electrons. The van der Waals surface area contributed by atoms with E-state index >= 15 is 0 Å². The zero-order valence-electron chi connectivity index (χ0n) is 6.40. The zero-order chi connectivity index (χ0) is 10.0. The molecule has 0 bridgehead atoms. The summed E-state index contributed by atoms with van der Waals surface area (Å²) in [5.41, 5.74) is 5.76. The molecule has 0 aromatic carbocycles. The van der Waals surface area contributed by atoms with Crippen LogP contribution in [0.3, 0.4) is 0 Å². The molecule has 0 atom stereocenters. The Morgan fingerprint density at radius 1 is 1.62 bits per heavy atom. The summed E-state index contributed by atoms with van der Waals surface area (Å²) >= 11 is 7.21. The Morgan fingerprint density at radius 3 is 2.62 bits per heavy atom. The molecule has 13 heavy (non-hydrogen) atoms. The van der Waals surface area contributed by atoms with E-state index in [0.717, 1.165) is 0 Å². The lowest BCUT2D eigenvalue weighted by Crippen LogP contribution is -2.02. The van der Waals surface area contributed by atoms with Crippen LogP contribution >= 0.6 is 34.2 Å². The van der Waals surface area contributed by atoms with E-state index in [2.05, 4.69) is 4.98 Å². The first-order valence-corrected chi connectivity index (χ1v) is 4.96. The largest absolute Gasteiger partial charge is 0.398 e. The summed E-state index contributed by atoms with van der Waals surface area (Å²) in [5.74, 6) is 0.170. The number of pyridine rings is 1. The minimum atomic E-state index is -2.59. The molecule has 0 aliphatic heterocycles. The molecule has 1 aromatic heterocycles. The number of rotatable bonds is 2. The van der Waals surface area contributed by atoms with Crippen LogP contribution in [0.4, 0.5) is 14.5 Å². The van der Waals surface area contributed by atoms with Crippen LogP contribution in [0.5, 0.6) is 0 Å². The van der Waals surface area contributed by atoms with Crippen LogP contribution in [-0.4, -0.2) is 4.98 Å². The van der Waals surface area contributed by atoms with Crippen molar-refractivity contribution >= 4 is 39.9 Å². The van der Waals surface area contributed by atoms with Crippen molar-refractivity contribution in [1.29, 1.82) is 0 Å². The maximum atomic E-state index is 12.4. The van der Waals surface area contributed by atoms with Crippen molar-refractivity contribution in [3.05, 3.63) is 21.0 Å². The number of nitrogens with zero attached hydrogens (tertiary/aromatic N) is 1. The highest BCUT2D eigenvalue weighted by Gasteiger charge is 2.17. The number of nitrogens with two attached hydrogens (primary N) is 1. The molecule has 6 heteroatoms. The Morgan fingerprint density at radius 2 is 2.23 bits per heavy atom. The minimum Gasteiger partial charge on any atom is -0.398 e. The lowest BCUT2D eigenvalue weighted by molar-refractivity contribution is 0.150. The van der Waals surface area contributed by atoms with E-state index in [0.29, 0.717) is 5.69 Å². The first-order chi connectivity index (χ1) is 6.06. The van der Waals surface area contributed by atoms with Crippen molar-refractivity contribution in [2.24, 2.45) is 0 Å². The molecule has 0 spiro atoms. The van der Waals surface area contributed by atoms with Crippen molar-refractivity contribution in [2.45, 2.75) is 12.3 Å². The van der Waals surface area contributed by atoms with Crippen LogP contribution in [0.2, 0.25) is 0 Å². The Labute approximate surface area is 92.6 Å². The second-order valence-corrected chi connectivity index (χ2v) is 3.63. The third-order valence-corrected chi connectivity index (χ3v) is 2.55. The third kappa shape index (κ3) is 2.40. The zero-order valence-corrected chi connectivity index (χ0v) is 9.31. The fraction of sp³-hybridized carbons (Fsp3) is 0.286. The molecule has 0 aliphatic rings. The monoisotopic (exact) mass is 318 g/mol. The van der Waals surface area contributed by atoms with E-state index in [9.17, 15) is 8.78 Å². The molecule has 0 saturated carbocycles. The van der Waals surface area contributed by atoms with Crippen molar-refractivity contribution in [3.63, 3.8) is 0 Å². The number of hydrogen-bond donors (Lipinski definition) is 1. The normalized spacial score (nSPS) is 10.8. The predicted molar refractivity (Wildman–Crippen MR) is 55.9 cm³/mol. The van der Waals surface area contributed by atoms with Gasteiger partial charge in [-0.15, -0.1) is 11.6 Å². The lowest BCUT2D eigenvalue weighted by atomic mass is 10.2. The fourth-order valence-corrected chi connectivity index (χ4v) is 1.87. The summed E-state index contributed by atoms with van der Waals surface area (Å²) in [6.07, 6.45) is -2.59. The summed E-state index contributed by atoms with van der Waals surface area (Å²) in [6, 6.07) is 1.37. The van der Waals surface area contributed by atoms with E-state index in [-0.39, 0.29) is 20.8 Å². The summed E-state index contributed by atoms with van der Waals surface area (Å²) in [7, 11) is 0. The van der Waals surface area contributed by atoms with Gasteiger partial charge < -0.3 is 5.73 Å². The molecule has 0 fully saturated rings. The SMILES string of the molecule is Nc1cc(CCl)nc(I)c1C(F)F. The van der Waals surface area contributed by atoms with Crippen LogP contribution in [0.15, 0.2) is 6.07 Å². The quantitative estimate of drug-likeness (QED) is 0.517. The molecule has 2 nitrogen and oxygen atoms in total. The summed E-state index contributed by atoms with van der Waals surface area (Å²) in [6.45, 7) is 0. The highest BCUT2D eigenvalue weighted by atomic mass is 127. The first kappa shape index (κ1) is 10.9. The van der Waals surface area contributed by atoms with Gasteiger partial charge >= 0.3 is 0 Å². The Balaban J connectivity index is 3.23. The van der Waals surface area contributed by atoms with Gasteiger partial charge in [0, 0.05) is 5.69 Å². The Hall–Kier alpha value is -0.170. The van der Waals surface area contributed by atoms with Crippen LogP contribution in [-0.2, 0) is 5.88 Å². The smallest absolute Gasteiger partial charge is 0.268 e. The molecule has 0 amide bonds. The van der Waals surface area contributed by atoms with Gasteiger partial charge in [-0.2, -0.15) is 0 Å². The van der Waals surface area contributed by atoms with E-state index in [1.54, 1.807) is 22.6 Å². The number of aromatic nitrogens is 1. The molecule has 1 rings (SSSR count). The molecular weight excluding hydrogens is 312 g/mol.